The van der Waals surface area contributed by atoms with Crippen molar-refractivity contribution in [2.75, 3.05) is 0 Å². The summed E-state index contributed by atoms with van der Waals surface area (Å²) in [5.41, 5.74) is 5.32. The molecule has 0 radical (unpaired) electrons. The fourth-order valence-electron chi connectivity index (χ4n) is 4.10. The maximum absolute atomic E-state index is 2.26. The second-order valence-electron chi connectivity index (χ2n) is 8.26. The zero-order valence-corrected chi connectivity index (χ0v) is 18.2. The molecule has 4 nitrogen and oxygen atoms in total. The number of imidazole rings is 2. The van der Waals surface area contributed by atoms with Crippen molar-refractivity contribution in [2.24, 2.45) is 0 Å². The molecule has 0 atom stereocenters. The van der Waals surface area contributed by atoms with Crippen LogP contribution in [0.15, 0.2) is 122 Å². The van der Waals surface area contributed by atoms with Crippen LogP contribution in [-0.4, -0.2) is 9.13 Å². The Labute approximate surface area is 189 Å². The lowest BCUT2D eigenvalue weighted by atomic mass is 10.1. The van der Waals surface area contributed by atoms with Crippen LogP contribution in [-0.2, 0) is 26.2 Å². The lowest BCUT2D eigenvalue weighted by Gasteiger charge is -2.06. The minimum Gasteiger partial charge on any atom is -0.233 e. The van der Waals surface area contributed by atoms with Gasteiger partial charge in [0.25, 0.3) is 0 Å². The molecule has 3 aromatic carbocycles. The Morgan fingerprint density at radius 1 is 0.500 bits per heavy atom. The van der Waals surface area contributed by atoms with Crippen LogP contribution in [0.25, 0.3) is 0 Å². The number of aromatic nitrogens is 4. The highest BCUT2D eigenvalue weighted by Crippen LogP contribution is 2.11. The molecule has 5 aromatic rings. The van der Waals surface area contributed by atoms with Crippen LogP contribution in [0.3, 0.4) is 0 Å². The van der Waals surface area contributed by atoms with E-state index in [0.717, 1.165) is 26.2 Å². The van der Waals surface area contributed by atoms with Crippen LogP contribution in [0.2, 0.25) is 0 Å². The lowest BCUT2D eigenvalue weighted by Crippen LogP contribution is -2.32. The monoisotopic (exact) mass is 420 g/mol. The molecule has 0 spiro atoms. The summed E-state index contributed by atoms with van der Waals surface area (Å²) in [5.74, 6) is 0. The molecule has 4 heteroatoms. The molecule has 0 bridgehead atoms. The fraction of sp³-hybridized carbons (Fsp3) is 0.143. The van der Waals surface area contributed by atoms with Crippen LogP contribution >= 0.6 is 0 Å². The van der Waals surface area contributed by atoms with Gasteiger partial charge in [-0.3, -0.25) is 0 Å². The standard InChI is InChI=1S/C28H28N4/c1-3-9-25(10-4-1)19-29-15-17-31(23-29)21-27-13-7-8-14-28(27)22-32-18-16-30(24-32)20-26-11-5-2-6-12-26/h1-18,23-24H,19-22H2/q+2. The smallest absolute Gasteiger partial charge is 0.233 e. The molecule has 2 aromatic heterocycles. The average molecular weight is 421 g/mol. The molecule has 5 rings (SSSR count). The number of hydrogen-bond donors (Lipinski definition) is 0. The molecule has 32 heavy (non-hydrogen) atoms. The molecular formula is C28H28N4+2. The van der Waals surface area contributed by atoms with E-state index >= 15 is 0 Å². The van der Waals surface area contributed by atoms with Gasteiger partial charge in [-0.1, -0.05) is 84.9 Å². The van der Waals surface area contributed by atoms with Crippen LogP contribution in [0, 0.1) is 0 Å². The molecule has 0 fully saturated rings. The topological polar surface area (TPSA) is 17.6 Å². The number of nitrogens with zero attached hydrogens (tertiary/aromatic N) is 4. The van der Waals surface area contributed by atoms with Gasteiger partial charge in [0.2, 0.25) is 12.7 Å². The van der Waals surface area contributed by atoms with E-state index in [1.54, 1.807) is 0 Å². The summed E-state index contributed by atoms with van der Waals surface area (Å²) in [4.78, 5) is 0. The first kappa shape index (κ1) is 20.0. The van der Waals surface area contributed by atoms with E-state index in [0.29, 0.717) is 0 Å². The van der Waals surface area contributed by atoms with Crippen molar-refractivity contribution in [1.29, 1.82) is 0 Å². The van der Waals surface area contributed by atoms with Gasteiger partial charge in [-0.15, -0.1) is 0 Å². The molecule has 0 saturated carbocycles. The summed E-state index contributed by atoms with van der Waals surface area (Å²) < 4.78 is 8.98. The van der Waals surface area contributed by atoms with E-state index < -0.39 is 0 Å². The Kier molecular flexibility index (Phi) is 5.93. The zero-order valence-electron chi connectivity index (χ0n) is 18.2. The molecule has 0 saturated heterocycles. The summed E-state index contributed by atoms with van der Waals surface area (Å²) >= 11 is 0. The van der Waals surface area contributed by atoms with E-state index in [1.807, 2.05) is 0 Å². The molecule has 0 unspecified atom stereocenters. The van der Waals surface area contributed by atoms with E-state index in [2.05, 4.69) is 141 Å². The highest BCUT2D eigenvalue weighted by Gasteiger charge is 2.12. The SMILES string of the molecule is c1ccc(Cn2cc[n+](Cc3ccccc3Cn3cc[n+](Cc4ccccc4)c3)c2)cc1. The summed E-state index contributed by atoms with van der Waals surface area (Å²) in [7, 11) is 0. The van der Waals surface area contributed by atoms with Crippen molar-refractivity contribution in [3.8, 4) is 0 Å². The second kappa shape index (κ2) is 9.48. The van der Waals surface area contributed by atoms with Crippen molar-refractivity contribution in [3.05, 3.63) is 145 Å². The first-order valence-electron chi connectivity index (χ1n) is 11.1. The van der Waals surface area contributed by atoms with Crippen LogP contribution in [0.5, 0.6) is 0 Å². The quantitative estimate of drug-likeness (QED) is 0.337. The maximum atomic E-state index is 2.26. The predicted molar refractivity (Wildman–Crippen MR) is 125 cm³/mol. The van der Waals surface area contributed by atoms with Crippen molar-refractivity contribution in [3.63, 3.8) is 0 Å². The first-order valence-corrected chi connectivity index (χ1v) is 11.1. The van der Waals surface area contributed by atoms with Gasteiger partial charge in [-0.05, 0) is 11.1 Å². The van der Waals surface area contributed by atoms with Gasteiger partial charge >= 0.3 is 0 Å². The molecule has 2 heterocycles. The molecular weight excluding hydrogens is 392 g/mol. The Hall–Kier alpha value is -3.92. The van der Waals surface area contributed by atoms with Gasteiger partial charge in [-0.25, -0.2) is 18.3 Å². The van der Waals surface area contributed by atoms with E-state index in [-0.39, 0.29) is 0 Å². The van der Waals surface area contributed by atoms with Crippen LogP contribution in [0.1, 0.15) is 22.3 Å². The summed E-state index contributed by atoms with van der Waals surface area (Å²) in [6, 6.07) is 29.9. The van der Waals surface area contributed by atoms with Gasteiger partial charge < -0.3 is 0 Å². The predicted octanol–water partition coefficient (Wildman–Crippen LogP) is 4.06. The fourth-order valence-corrected chi connectivity index (χ4v) is 4.10. The average Bonchev–Trinajstić information content (AvgIpc) is 3.46. The number of hydrogen-bond acceptors (Lipinski definition) is 0. The normalized spacial score (nSPS) is 11.0. The number of benzene rings is 3. The van der Waals surface area contributed by atoms with Crippen molar-refractivity contribution in [2.45, 2.75) is 26.2 Å². The Morgan fingerprint density at radius 3 is 1.72 bits per heavy atom. The summed E-state index contributed by atoms with van der Waals surface area (Å²) in [6.07, 6.45) is 13.0. The van der Waals surface area contributed by atoms with Gasteiger partial charge in [0.05, 0.1) is 0 Å². The largest absolute Gasteiger partial charge is 0.244 e. The maximum Gasteiger partial charge on any atom is 0.244 e. The van der Waals surface area contributed by atoms with Gasteiger partial charge in [0.1, 0.15) is 51.0 Å². The molecule has 158 valence electrons. The first-order chi connectivity index (χ1) is 15.8. The Bertz CT molecular complexity index is 1170. The Morgan fingerprint density at radius 2 is 1.03 bits per heavy atom. The third-order valence-corrected chi connectivity index (χ3v) is 5.73. The Balaban J connectivity index is 1.27. The number of rotatable bonds is 8. The van der Waals surface area contributed by atoms with Crippen LogP contribution < -0.4 is 9.13 Å². The third-order valence-electron chi connectivity index (χ3n) is 5.73. The molecule has 0 aliphatic heterocycles. The second-order valence-corrected chi connectivity index (χ2v) is 8.26. The van der Waals surface area contributed by atoms with Gasteiger partial charge in [-0.2, -0.15) is 0 Å². The minimum atomic E-state index is 0.864. The molecule has 0 aliphatic carbocycles. The van der Waals surface area contributed by atoms with E-state index in [4.69, 9.17) is 0 Å². The summed E-state index contributed by atoms with van der Waals surface area (Å²) in [5, 5.41) is 0. The third kappa shape index (κ3) is 5.03. The van der Waals surface area contributed by atoms with Crippen LogP contribution in [0.4, 0.5) is 0 Å². The highest BCUT2D eigenvalue weighted by molar-refractivity contribution is 5.26. The van der Waals surface area contributed by atoms with Crippen molar-refractivity contribution < 1.29 is 9.13 Å². The highest BCUT2D eigenvalue weighted by atomic mass is 15.1. The van der Waals surface area contributed by atoms with Gasteiger partial charge in [0.15, 0.2) is 0 Å². The van der Waals surface area contributed by atoms with E-state index in [1.165, 1.54) is 22.3 Å². The zero-order chi connectivity index (χ0) is 21.6. The van der Waals surface area contributed by atoms with Gasteiger partial charge in [0, 0.05) is 11.1 Å². The summed E-state index contributed by atoms with van der Waals surface area (Å²) in [6.45, 7) is 3.51. The van der Waals surface area contributed by atoms with Crippen molar-refractivity contribution in [1.82, 2.24) is 9.13 Å². The lowest BCUT2D eigenvalue weighted by molar-refractivity contribution is -0.688. The molecule has 0 amide bonds. The van der Waals surface area contributed by atoms with Crippen molar-refractivity contribution >= 4 is 0 Å². The van der Waals surface area contributed by atoms with E-state index in [9.17, 15) is 0 Å². The molecule has 0 aliphatic rings. The molecule has 0 N–H and O–H groups in total. The minimum absolute atomic E-state index is 0.864.